The molecule has 0 spiro atoms. The van der Waals surface area contributed by atoms with Crippen molar-refractivity contribution in [1.82, 2.24) is 0 Å². The summed E-state index contributed by atoms with van der Waals surface area (Å²) in [5, 5.41) is 60.5. The van der Waals surface area contributed by atoms with Crippen LogP contribution in [-0.2, 0) is 18.9 Å². The van der Waals surface area contributed by atoms with Gasteiger partial charge in [-0.1, -0.05) is 0 Å². The average Bonchev–Trinajstić information content (AvgIpc) is 2.77. The fraction of sp³-hybridized carbons (Fsp3) is 1.00. The summed E-state index contributed by atoms with van der Waals surface area (Å²) in [6.07, 6.45) is -14.5. The number of rotatable bonds is 6. The minimum Gasteiger partial charge on any atom is -0.388 e. The van der Waals surface area contributed by atoms with E-state index in [1.165, 1.54) is 0 Å². The van der Waals surface area contributed by atoms with Crippen molar-refractivity contribution in [2.24, 2.45) is 22.9 Å². The molecule has 1 aliphatic carbocycles. The van der Waals surface area contributed by atoms with E-state index >= 15 is 0 Å². The van der Waals surface area contributed by atoms with Crippen molar-refractivity contribution >= 4 is 0 Å². The Morgan fingerprint density at radius 2 is 0.969 bits per heavy atom. The monoisotopic (exact) mass is 468 g/mol. The molecule has 2 heterocycles. The Balaban J connectivity index is 1.66. The van der Waals surface area contributed by atoms with Gasteiger partial charge in [-0.3, -0.25) is 0 Å². The Bertz CT molecular complexity index is 556. The van der Waals surface area contributed by atoms with Gasteiger partial charge < -0.3 is 72.5 Å². The van der Waals surface area contributed by atoms with Crippen molar-refractivity contribution < 1.29 is 49.6 Å². The van der Waals surface area contributed by atoms with E-state index < -0.39 is 85.7 Å². The predicted molar refractivity (Wildman–Crippen MR) is 106 cm³/mol. The van der Waals surface area contributed by atoms with Crippen LogP contribution in [0.4, 0.5) is 0 Å². The van der Waals surface area contributed by atoms with Gasteiger partial charge in [0.2, 0.25) is 0 Å². The highest BCUT2D eigenvalue weighted by Gasteiger charge is 2.48. The van der Waals surface area contributed by atoms with E-state index in [4.69, 9.17) is 41.9 Å². The molecule has 0 amide bonds. The van der Waals surface area contributed by atoms with Crippen LogP contribution in [0.3, 0.4) is 0 Å². The van der Waals surface area contributed by atoms with Crippen molar-refractivity contribution in [2.45, 2.75) is 98.5 Å². The van der Waals surface area contributed by atoms with Crippen LogP contribution >= 0.6 is 0 Å². The molecular formula is C18H36N4O10. The topological polar surface area (TPSA) is 262 Å². The van der Waals surface area contributed by atoms with Gasteiger partial charge in [0.25, 0.3) is 0 Å². The van der Waals surface area contributed by atoms with Crippen molar-refractivity contribution in [3.63, 3.8) is 0 Å². The summed E-state index contributed by atoms with van der Waals surface area (Å²) in [7, 11) is 0. The second-order valence-electron chi connectivity index (χ2n) is 8.65. The van der Waals surface area contributed by atoms with Gasteiger partial charge >= 0.3 is 0 Å². The summed E-state index contributed by atoms with van der Waals surface area (Å²) in [4.78, 5) is 0. The lowest BCUT2D eigenvalue weighted by molar-refractivity contribution is -0.323. The predicted octanol–water partition coefficient (Wildman–Crippen LogP) is -6.26. The Kier molecular flexibility index (Phi) is 8.79. The minimum absolute atomic E-state index is 0.106. The number of nitrogens with two attached hydrogens (primary N) is 4. The molecule has 1 saturated carbocycles. The van der Waals surface area contributed by atoms with E-state index in [9.17, 15) is 30.6 Å². The average molecular weight is 469 g/mol. The molecule has 0 bridgehead atoms. The van der Waals surface area contributed by atoms with Gasteiger partial charge in [0, 0.05) is 31.6 Å². The highest BCUT2D eigenvalue weighted by molar-refractivity contribution is 4.96. The van der Waals surface area contributed by atoms with Gasteiger partial charge in [0.1, 0.15) is 48.8 Å². The molecule has 3 aliphatic rings. The van der Waals surface area contributed by atoms with E-state index in [1.54, 1.807) is 0 Å². The SMILES string of the molecule is NC[C@H]1O[C@@H](O[C@H]2C[C@H](O[C@H]3O[C@H](CN)[C@@H](O)[C@H](O)[C@H]3O)[C@@H](N)C[C@@H]2N)[C@H](O)[C@@H](O)[C@@H]1O. The van der Waals surface area contributed by atoms with Crippen LogP contribution < -0.4 is 22.9 Å². The van der Waals surface area contributed by atoms with Gasteiger partial charge in [0.15, 0.2) is 12.6 Å². The van der Waals surface area contributed by atoms with Gasteiger partial charge in [-0.05, 0) is 6.42 Å². The van der Waals surface area contributed by atoms with Crippen LogP contribution in [0.15, 0.2) is 0 Å². The molecule has 0 aromatic rings. The van der Waals surface area contributed by atoms with E-state index in [2.05, 4.69) is 0 Å². The highest BCUT2D eigenvalue weighted by atomic mass is 16.7. The third-order valence-electron chi connectivity index (χ3n) is 6.38. The first-order chi connectivity index (χ1) is 15.1. The first-order valence-electron chi connectivity index (χ1n) is 10.7. The van der Waals surface area contributed by atoms with Crippen molar-refractivity contribution in [2.75, 3.05) is 13.1 Å². The van der Waals surface area contributed by atoms with E-state index in [0.29, 0.717) is 0 Å². The lowest BCUT2D eigenvalue weighted by Crippen LogP contribution is -2.64. The largest absolute Gasteiger partial charge is 0.388 e. The normalized spacial score (nSPS) is 52.7. The Morgan fingerprint density at radius 3 is 1.31 bits per heavy atom. The van der Waals surface area contributed by atoms with Gasteiger partial charge in [-0.15, -0.1) is 0 Å². The summed E-state index contributed by atoms with van der Waals surface area (Å²) in [6, 6.07) is -1.13. The van der Waals surface area contributed by atoms with Gasteiger partial charge in [-0.2, -0.15) is 0 Å². The molecule has 3 fully saturated rings. The van der Waals surface area contributed by atoms with Crippen LogP contribution in [0.1, 0.15) is 12.8 Å². The highest BCUT2D eigenvalue weighted by Crippen LogP contribution is 2.31. The Labute approximate surface area is 185 Å². The molecule has 14 nitrogen and oxygen atoms in total. The van der Waals surface area contributed by atoms with Gasteiger partial charge in [0.05, 0.1) is 12.2 Å². The van der Waals surface area contributed by atoms with E-state index in [1.807, 2.05) is 0 Å². The first kappa shape index (κ1) is 26.1. The molecule has 0 radical (unpaired) electrons. The molecule has 0 aromatic heterocycles. The second kappa shape index (κ2) is 10.8. The zero-order valence-corrected chi connectivity index (χ0v) is 17.5. The minimum atomic E-state index is -1.54. The zero-order chi connectivity index (χ0) is 23.7. The number of hydrogen-bond donors (Lipinski definition) is 10. The number of aliphatic hydroxyl groups excluding tert-OH is 6. The smallest absolute Gasteiger partial charge is 0.186 e. The standard InChI is InChI=1S/C18H36N4O10/c19-3-9-11(23)13(25)15(27)17(31-9)29-7-2-8(6(22)1-5(7)21)30-18-16(28)14(26)12(24)10(4-20)32-18/h5-18,23-28H,1-4,19-22H2/t5-,6-,7-,8-,9+,10+,11+,12+,13-,14-,15+,16+,17-,18+/m0/s1. The summed E-state index contributed by atoms with van der Waals surface area (Å²) in [5.41, 5.74) is 23.4. The van der Waals surface area contributed by atoms with Crippen LogP contribution in [0.2, 0.25) is 0 Å². The molecule has 14 N–H and O–H groups in total. The lowest BCUT2D eigenvalue weighted by atomic mass is 9.86. The molecule has 14 atom stereocenters. The molecule has 3 rings (SSSR count). The maximum absolute atomic E-state index is 10.2. The third kappa shape index (κ3) is 5.24. The van der Waals surface area contributed by atoms with Gasteiger partial charge in [-0.25, -0.2) is 0 Å². The fourth-order valence-corrected chi connectivity index (χ4v) is 4.30. The van der Waals surface area contributed by atoms with Crippen LogP contribution in [-0.4, -0.2) is 129 Å². The van der Waals surface area contributed by atoms with Crippen LogP contribution in [0.5, 0.6) is 0 Å². The maximum Gasteiger partial charge on any atom is 0.186 e. The summed E-state index contributed by atoms with van der Waals surface area (Å²) in [5.74, 6) is 0. The summed E-state index contributed by atoms with van der Waals surface area (Å²) < 4.78 is 22.6. The van der Waals surface area contributed by atoms with Crippen molar-refractivity contribution in [3.8, 4) is 0 Å². The molecule has 0 aromatic carbocycles. The van der Waals surface area contributed by atoms with Crippen molar-refractivity contribution in [3.05, 3.63) is 0 Å². The molecule has 14 heteroatoms. The second-order valence-corrected chi connectivity index (χ2v) is 8.65. The molecule has 188 valence electrons. The quantitative estimate of drug-likeness (QED) is 0.174. The lowest BCUT2D eigenvalue weighted by Gasteiger charge is -2.46. The fourth-order valence-electron chi connectivity index (χ4n) is 4.30. The molecular weight excluding hydrogens is 432 g/mol. The third-order valence-corrected chi connectivity index (χ3v) is 6.38. The Morgan fingerprint density at radius 1 is 0.594 bits per heavy atom. The molecule has 2 aliphatic heterocycles. The summed E-state index contributed by atoms with van der Waals surface area (Å²) >= 11 is 0. The Hall–Kier alpha value is -0.560. The van der Waals surface area contributed by atoms with Crippen molar-refractivity contribution in [1.29, 1.82) is 0 Å². The van der Waals surface area contributed by atoms with E-state index in [-0.39, 0.29) is 25.9 Å². The molecule has 2 saturated heterocycles. The number of hydrogen-bond acceptors (Lipinski definition) is 14. The number of aliphatic hydroxyl groups is 6. The molecule has 32 heavy (non-hydrogen) atoms. The number of ether oxygens (including phenoxy) is 4. The summed E-state index contributed by atoms with van der Waals surface area (Å²) in [6.45, 7) is -0.211. The van der Waals surface area contributed by atoms with Crippen LogP contribution in [0, 0.1) is 0 Å². The maximum atomic E-state index is 10.2. The first-order valence-corrected chi connectivity index (χ1v) is 10.7. The zero-order valence-electron chi connectivity index (χ0n) is 17.5. The molecule has 0 unspecified atom stereocenters. The van der Waals surface area contributed by atoms with Crippen LogP contribution in [0.25, 0.3) is 0 Å². The van der Waals surface area contributed by atoms with E-state index in [0.717, 1.165) is 0 Å².